The van der Waals surface area contributed by atoms with E-state index in [4.69, 9.17) is 5.11 Å². The zero-order chi connectivity index (χ0) is 15.0. The minimum absolute atomic E-state index is 0.00418. The van der Waals surface area contributed by atoms with Gasteiger partial charge in [-0.05, 0) is 24.8 Å². The van der Waals surface area contributed by atoms with Crippen molar-refractivity contribution in [2.75, 3.05) is 12.8 Å². The number of carbonyl (C=O) groups excluding carboxylic acids is 1. The Labute approximate surface area is 120 Å². The van der Waals surface area contributed by atoms with Crippen LogP contribution in [0.1, 0.15) is 18.4 Å². The second-order valence-corrected chi connectivity index (χ2v) is 4.88. The standard InChI is InChI=1S/C13H17FN2O3S/c1-20-11-5-2-4-10(14)9(11)8-16-13(19)15-7-3-6-12(17)18/h2,4-5H,3,6-8H2,1H3,(H,17,18)(H2,15,16,19). The summed E-state index contributed by atoms with van der Waals surface area (Å²) >= 11 is 1.41. The predicted molar refractivity (Wildman–Crippen MR) is 75.3 cm³/mol. The van der Waals surface area contributed by atoms with E-state index in [0.717, 1.165) is 4.90 Å². The molecule has 1 aromatic rings. The van der Waals surface area contributed by atoms with Crippen molar-refractivity contribution >= 4 is 23.8 Å². The van der Waals surface area contributed by atoms with Crippen LogP contribution in [0.5, 0.6) is 0 Å². The highest BCUT2D eigenvalue weighted by molar-refractivity contribution is 7.98. The number of thioether (sulfide) groups is 1. The van der Waals surface area contributed by atoms with E-state index in [9.17, 15) is 14.0 Å². The summed E-state index contributed by atoms with van der Waals surface area (Å²) in [5.41, 5.74) is 0.445. The van der Waals surface area contributed by atoms with E-state index in [-0.39, 0.29) is 25.3 Å². The first-order valence-electron chi connectivity index (χ1n) is 6.09. The zero-order valence-electron chi connectivity index (χ0n) is 11.1. The molecule has 1 aromatic carbocycles. The van der Waals surface area contributed by atoms with Crippen LogP contribution >= 0.6 is 11.8 Å². The normalized spacial score (nSPS) is 10.1. The van der Waals surface area contributed by atoms with Gasteiger partial charge in [-0.15, -0.1) is 11.8 Å². The summed E-state index contributed by atoms with van der Waals surface area (Å²) in [4.78, 5) is 22.5. The van der Waals surface area contributed by atoms with Gasteiger partial charge in [0.15, 0.2) is 0 Å². The number of amides is 2. The summed E-state index contributed by atoms with van der Waals surface area (Å²) in [6, 6.07) is 4.32. The molecule has 0 atom stereocenters. The Morgan fingerprint density at radius 2 is 2.10 bits per heavy atom. The van der Waals surface area contributed by atoms with E-state index < -0.39 is 12.0 Å². The molecule has 0 unspecified atom stereocenters. The molecule has 0 aliphatic rings. The number of benzene rings is 1. The molecular formula is C13H17FN2O3S. The molecular weight excluding hydrogens is 283 g/mol. The van der Waals surface area contributed by atoms with Crippen LogP contribution in [0.3, 0.4) is 0 Å². The van der Waals surface area contributed by atoms with Gasteiger partial charge in [-0.3, -0.25) is 4.79 Å². The first kappa shape index (κ1) is 16.3. The largest absolute Gasteiger partial charge is 0.481 e. The van der Waals surface area contributed by atoms with Gasteiger partial charge in [0.05, 0.1) is 0 Å². The van der Waals surface area contributed by atoms with Crippen LogP contribution in [-0.2, 0) is 11.3 Å². The van der Waals surface area contributed by atoms with Gasteiger partial charge in [-0.25, -0.2) is 9.18 Å². The van der Waals surface area contributed by atoms with Gasteiger partial charge in [-0.2, -0.15) is 0 Å². The topological polar surface area (TPSA) is 78.4 Å². The second kappa shape index (κ2) is 8.42. The first-order valence-corrected chi connectivity index (χ1v) is 7.32. The summed E-state index contributed by atoms with van der Waals surface area (Å²) in [7, 11) is 0. The first-order chi connectivity index (χ1) is 9.54. The van der Waals surface area contributed by atoms with Crippen LogP contribution < -0.4 is 10.6 Å². The fourth-order valence-corrected chi connectivity index (χ4v) is 2.21. The summed E-state index contributed by atoms with van der Waals surface area (Å²) in [6.07, 6.45) is 2.20. The lowest BCUT2D eigenvalue weighted by Gasteiger charge is -2.10. The molecule has 20 heavy (non-hydrogen) atoms. The molecule has 7 heteroatoms. The number of rotatable bonds is 7. The van der Waals surface area contributed by atoms with Gasteiger partial charge in [0.1, 0.15) is 5.82 Å². The van der Waals surface area contributed by atoms with E-state index in [1.54, 1.807) is 12.1 Å². The molecule has 3 N–H and O–H groups in total. The Morgan fingerprint density at radius 3 is 2.75 bits per heavy atom. The van der Waals surface area contributed by atoms with Gasteiger partial charge in [-0.1, -0.05) is 6.07 Å². The molecule has 0 saturated heterocycles. The average molecular weight is 300 g/mol. The molecule has 0 aromatic heterocycles. The molecule has 0 aliphatic carbocycles. The Balaban J connectivity index is 2.39. The maximum Gasteiger partial charge on any atom is 0.315 e. The lowest BCUT2D eigenvalue weighted by atomic mass is 10.2. The van der Waals surface area contributed by atoms with Crippen molar-refractivity contribution in [1.82, 2.24) is 10.6 Å². The number of aliphatic carboxylic acids is 1. The second-order valence-electron chi connectivity index (χ2n) is 4.03. The highest BCUT2D eigenvalue weighted by atomic mass is 32.2. The molecule has 5 nitrogen and oxygen atoms in total. The molecule has 0 spiro atoms. The maximum atomic E-state index is 13.6. The number of carboxylic acid groups (broad SMARTS) is 1. The van der Waals surface area contributed by atoms with Crippen molar-refractivity contribution in [3.63, 3.8) is 0 Å². The van der Waals surface area contributed by atoms with Gasteiger partial charge < -0.3 is 15.7 Å². The van der Waals surface area contributed by atoms with Crippen LogP contribution in [0.2, 0.25) is 0 Å². The monoisotopic (exact) mass is 300 g/mol. The fraction of sp³-hybridized carbons (Fsp3) is 0.385. The summed E-state index contributed by atoms with van der Waals surface area (Å²) in [5, 5.41) is 13.5. The van der Waals surface area contributed by atoms with Crippen molar-refractivity contribution in [2.24, 2.45) is 0 Å². The average Bonchev–Trinajstić information content (AvgIpc) is 2.41. The summed E-state index contributed by atoms with van der Waals surface area (Å²) in [5.74, 6) is -1.26. The van der Waals surface area contributed by atoms with Crippen molar-refractivity contribution < 1.29 is 19.1 Å². The predicted octanol–water partition coefficient (Wildman–Crippen LogP) is 2.21. The van der Waals surface area contributed by atoms with Crippen LogP contribution in [0, 0.1) is 5.82 Å². The minimum atomic E-state index is -0.900. The number of urea groups is 1. The summed E-state index contributed by atoms with van der Waals surface area (Å²) < 4.78 is 13.6. The van der Waals surface area contributed by atoms with Gasteiger partial charge in [0.2, 0.25) is 0 Å². The highest BCUT2D eigenvalue weighted by Gasteiger charge is 2.09. The third kappa shape index (κ3) is 5.48. The Kier molecular flexibility index (Phi) is 6.86. The van der Waals surface area contributed by atoms with Gasteiger partial charge in [0.25, 0.3) is 0 Å². The van der Waals surface area contributed by atoms with Crippen molar-refractivity contribution in [2.45, 2.75) is 24.3 Å². The minimum Gasteiger partial charge on any atom is -0.481 e. The SMILES string of the molecule is CSc1cccc(F)c1CNC(=O)NCCCC(=O)O. The van der Waals surface area contributed by atoms with Crippen molar-refractivity contribution in [1.29, 1.82) is 0 Å². The Morgan fingerprint density at radius 1 is 1.35 bits per heavy atom. The van der Waals surface area contributed by atoms with E-state index in [0.29, 0.717) is 12.0 Å². The molecule has 0 bridgehead atoms. The molecule has 1 rings (SSSR count). The lowest BCUT2D eigenvalue weighted by molar-refractivity contribution is -0.137. The summed E-state index contributed by atoms with van der Waals surface area (Å²) in [6.45, 7) is 0.360. The highest BCUT2D eigenvalue weighted by Crippen LogP contribution is 2.22. The molecule has 0 aliphatic heterocycles. The Hall–Kier alpha value is -1.76. The van der Waals surface area contributed by atoms with E-state index in [2.05, 4.69) is 10.6 Å². The van der Waals surface area contributed by atoms with Crippen molar-refractivity contribution in [3.8, 4) is 0 Å². The van der Waals surface area contributed by atoms with Crippen LogP contribution in [0.4, 0.5) is 9.18 Å². The van der Waals surface area contributed by atoms with Crippen LogP contribution in [-0.4, -0.2) is 29.9 Å². The van der Waals surface area contributed by atoms with Crippen molar-refractivity contribution in [3.05, 3.63) is 29.6 Å². The third-order valence-corrected chi connectivity index (χ3v) is 3.40. The molecule has 110 valence electrons. The van der Waals surface area contributed by atoms with E-state index >= 15 is 0 Å². The van der Waals surface area contributed by atoms with Crippen LogP contribution in [0.15, 0.2) is 23.1 Å². The quantitative estimate of drug-likeness (QED) is 0.533. The molecule has 2 amide bonds. The zero-order valence-corrected chi connectivity index (χ0v) is 11.9. The molecule has 0 heterocycles. The maximum absolute atomic E-state index is 13.6. The smallest absolute Gasteiger partial charge is 0.315 e. The number of halogens is 1. The number of carbonyl (C=O) groups is 2. The molecule has 0 fully saturated rings. The number of carboxylic acids is 1. The number of hydrogen-bond donors (Lipinski definition) is 3. The fourth-order valence-electron chi connectivity index (χ4n) is 1.57. The van der Waals surface area contributed by atoms with Gasteiger partial charge in [0, 0.05) is 30.0 Å². The molecule has 0 saturated carbocycles. The van der Waals surface area contributed by atoms with E-state index in [1.165, 1.54) is 17.8 Å². The molecule has 0 radical (unpaired) electrons. The third-order valence-electron chi connectivity index (χ3n) is 2.57. The number of hydrogen-bond acceptors (Lipinski definition) is 3. The van der Waals surface area contributed by atoms with Crippen LogP contribution in [0.25, 0.3) is 0 Å². The lowest BCUT2D eigenvalue weighted by Crippen LogP contribution is -2.36. The Bertz CT molecular complexity index is 483. The van der Waals surface area contributed by atoms with Gasteiger partial charge >= 0.3 is 12.0 Å². The number of nitrogens with one attached hydrogen (secondary N) is 2. The van der Waals surface area contributed by atoms with E-state index in [1.807, 2.05) is 6.26 Å².